The van der Waals surface area contributed by atoms with Crippen molar-refractivity contribution in [3.05, 3.63) is 28.8 Å². The normalized spacial score (nSPS) is 10.1. The average molecular weight is 257 g/mol. The molecule has 1 aromatic carbocycles. The van der Waals surface area contributed by atoms with Crippen LogP contribution in [-0.4, -0.2) is 25.6 Å². The van der Waals surface area contributed by atoms with Gasteiger partial charge in [-0.1, -0.05) is 11.6 Å². The van der Waals surface area contributed by atoms with Gasteiger partial charge in [-0.25, -0.2) is 0 Å². The lowest BCUT2D eigenvalue weighted by molar-refractivity contribution is -0.123. The van der Waals surface area contributed by atoms with Crippen molar-refractivity contribution in [2.45, 2.75) is 13.3 Å². The van der Waals surface area contributed by atoms with Gasteiger partial charge >= 0.3 is 0 Å². The highest BCUT2D eigenvalue weighted by molar-refractivity contribution is 6.30. The molecule has 0 aliphatic rings. The third kappa shape index (κ3) is 5.06. The fourth-order valence-corrected chi connectivity index (χ4v) is 1.53. The van der Waals surface area contributed by atoms with Crippen LogP contribution in [0.15, 0.2) is 18.2 Å². The Hall–Kier alpha value is -1.26. The summed E-state index contributed by atoms with van der Waals surface area (Å²) in [6.45, 7) is 3.04. The SMILES string of the molecule is Cc1cc(Cl)ccc1OCC(=O)NCCCN. The average Bonchev–Trinajstić information content (AvgIpc) is 2.28. The van der Waals surface area contributed by atoms with Crippen molar-refractivity contribution in [1.82, 2.24) is 5.32 Å². The maximum atomic E-state index is 11.4. The van der Waals surface area contributed by atoms with Crippen LogP contribution < -0.4 is 15.8 Å². The van der Waals surface area contributed by atoms with E-state index < -0.39 is 0 Å². The summed E-state index contributed by atoms with van der Waals surface area (Å²) in [5, 5.41) is 3.37. The van der Waals surface area contributed by atoms with Crippen molar-refractivity contribution in [3.8, 4) is 5.75 Å². The van der Waals surface area contributed by atoms with E-state index in [-0.39, 0.29) is 12.5 Å². The molecule has 0 fully saturated rings. The Morgan fingerprint density at radius 3 is 2.94 bits per heavy atom. The number of hydrogen-bond acceptors (Lipinski definition) is 3. The van der Waals surface area contributed by atoms with Gasteiger partial charge in [0.1, 0.15) is 5.75 Å². The summed E-state index contributed by atoms with van der Waals surface area (Å²) in [7, 11) is 0. The molecule has 94 valence electrons. The zero-order valence-corrected chi connectivity index (χ0v) is 10.6. The topological polar surface area (TPSA) is 64.3 Å². The quantitative estimate of drug-likeness (QED) is 0.758. The number of ether oxygens (including phenoxy) is 1. The minimum Gasteiger partial charge on any atom is -0.484 e. The second-order valence-corrected chi connectivity index (χ2v) is 4.13. The van der Waals surface area contributed by atoms with E-state index in [4.69, 9.17) is 22.1 Å². The number of rotatable bonds is 6. The molecule has 0 saturated heterocycles. The first-order chi connectivity index (χ1) is 8.13. The van der Waals surface area contributed by atoms with Gasteiger partial charge in [-0.15, -0.1) is 0 Å². The Bertz CT molecular complexity index is 383. The van der Waals surface area contributed by atoms with Gasteiger partial charge in [-0.3, -0.25) is 4.79 Å². The highest BCUT2D eigenvalue weighted by Crippen LogP contribution is 2.21. The summed E-state index contributed by atoms with van der Waals surface area (Å²) in [5.41, 5.74) is 6.23. The molecule has 0 saturated carbocycles. The van der Waals surface area contributed by atoms with E-state index in [2.05, 4.69) is 5.32 Å². The number of nitrogens with two attached hydrogens (primary N) is 1. The first kappa shape index (κ1) is 13.8. The molecule has 3 N–H and O–H groups in total. The van der Waals surface area contributed by atoms with Crippen LogP contribution in [-0.2, 0) is 4.79 Å². The first-order valence-corrected chi connectivity index (χ1v) is 5.87. The fourth-order valence-electron chi connectivity index (χ4n) is 1.30. The highest BCUT2D eigenvalue weighted by atomic mass is 35.5. The summed E-state index contributed by atoms with van der Waals surface area (Å²) < 4.78 is 5.38. The Kier molecular flexibility index (Phi) is 5.80. The van der Waals surface area contributed by atoms with E-state index in [0.29, 0.717) is 23.9 Å². The van der Waals surface area contributed by atoms with Gasteiger partial charge in [-0.2, -0.15) is 0 Å². The Labute approximate surface area is 106 Å². The second kappa shape index (κ2) is 7.14. The van der Waals surface area contributed by atoms with Gasteiger partial charge in [0.2, 0.25) is 0 Å². The monoisotopic (exact) mass is 256 g/mol. The van der Waals surface area contributed by atoms with Crippen LogP contribution in [0.4, 0.5) is 0 Å². The van der Waals surface area contributed by atoms with E-state index >= 15 is 0 Å². The van der Waals surface area contributed by atoms with Crippen molar-refractivity contribution < 1.29 is 9.53 Å². The molecule has 0 heterocycles. The highest BCUT2D eigenvalue weighted by Gasteiger charge is 2.04. The molecular weight excluding hydrogens is 240 g/mol. The predicted molar refractivity (Wildman–Crippen MR) is 68.4 cm³/mol. The van der Waals surface area contributed by atoms with E-state index in [0.717, 1.165) is 12.0 Å². The second-order valence-electron chi connectivity index (χ2n) is 3.69. The number of aryl methyl sites for hydroxylation is 1. The smallest absolute Gasteiger partial charge is 0.257 e. The maximum absolute atomic E-state index is 11.4. The van der Waals surface area contributed by atoms with Crippen molar-refractivity contribution in [2.75, 3.05) is 19.7 Å². The van der Waals surface area contributed by atoms with Gasteiger partial charge in [0.25, 0.3) is 5.91 Å². The van der Waals surface area contributed by atoms with E-state index in [1.807, 2.05) is 6.92 Å². The van der Waals surface area contributed by atoms with E-state index in [1.165, 1.54) is 0 Å². The van der Waals surface area contributed by atoms with Gasteiger partial charge < -0.3 is 15.8 Å². The summed E-state index contributed by atoms with van der Waals surface area (Å²) >= 11 is 5.82. The Balaban J connectivity index is 2.37. The fraction of sp³-hybridized carbons (Fsp3) is 0.417. The number of carbonyl (C=O) groups is 1. The number of amides is 1. The third-order valence-electron chi connectivity index (χ3n) is 2.20. The number of nitrogens with one attached hydrogen (secondary N) is 1. The van der Waals surface area contributed by atoms with Crippen molar-refractivity contribution in [2.24, 2.45) is 5.73 Å². The standard InChI is InChI=1S/C12H17ClN2O2/c1-9-7-10(13)3-4-11(9)17-8-12(16)15-6-2-5-14/h3-4,7H,2,5-6,8,14H2,1H3,(H,15,16). The molecule has 5 heteroatoms. The molecule has 0 spiro atoms. The number of carbonyl (C=O) groups excluding carboxylic acids is 1. The Morgan fingerprint density at radius 2 is 2.29 bits per heavy atom. The lowest BCUT2D eigenvalue weighted by Crippen LogP contribution is -2.30. The van der Waals surface area contributed by atoms with Crippen LogP contribution in [0.1, 0.15) is 12.0 Å². The van der Waals surface area contributed by atoms with E-state index in [1.54, 1.807) is 18.2 Å². The zero-order valence-electron chi connectivity index (χ0n) is 9.83. The summed E-state index contributed by atoms with van der Waals surface area (Å²) in [6, 6.07) is 5.28. The van der Waals surface area contributed by atoms with Crippen LogP contribution in [0.2, 0.25) is 5.02 Å². The van der Waals surface area contributed by atoms with E-state index in [9.17, 15) is 4.79 Å². The minimum absolute atomic E-state index is 0.00699. The largest absolute Gasteiger partial charge is 0.484 e. The van der Waals surface area contributed by atoms with Gasteiger partial charge in [0.15, 0.2) is 6.61 Å². The lowest BCUT2D eigenvalue weighted by Gasteiger charge is -2.09. The minimum atomic E-state index is -0.146. The molecule has 1 amide bonds. The van der Waals surface area contributed by atoms with Crippen molar-refractivity contribution in [3.63, 3.8) is 0 Å². The predicted octanol–water partition coefficient (Wildman–Crippen LogP) is 1.49. The van der Waals surface area contributed by atoms with Crippen molar-refractivity contribution >= 4 is 17.5 Å². The molecule has 1 rings (SSSR count). The molecule has 1 aromatic rings. The number of halogens is 1. The van der Waals surface area contributed by atoms with Crippen LogP contribution >= 0.6 is 11.6 Å². The molecule has 0 unspecified atom stereocenters. The molecule has 0 aliphatic heterocycles. The maximum Gasteiger partial charge on any atom is 0.257 e. The van der Waals surface area contributed by atoms with Gasteiger partial charge in [0.05, 0.1) is 0 Å². The third-order valence-corrected chi connectivity index (χ3v) is 2.43. The lowest BCUT2D eigenvalue weighted by atomic mass is 10.2. The van der Waals surface area contributed by atoms with Crippen LogP contribution in [0, 0.1) is 6.92 Å². The summed E-state index contributed by atoms with van der Waals surface area (Å²) in [5.74, 6) is 0.524. The summed E-state index contributed by atoms with van der Waals surface area (Å²) in [6.07, 6.45) is 0.770. The first-order valence-electron chi connectivity index (χ1n) is 5.49. The Morgan fingerprint density at radius 1 is 1.53 bits per heavy atom. The molecule has 0 bridgehead atoms. The van der Waals surface area contributed by atoms with Crippen LogP contribution in [0.5, 0.6) is 5.75 Å². The zero-order chi connectivity index (χ0) is 12.7. The number of hydrogen-bond donors (Lipinski definition) is 2. The molecule has 17 heavy (non-hydrogen) atoms. The molecule has 0 aliphatic carbocycles. The van der Waals surface area contributed by atoms with Crippen molar-refractivity contribution in [1.29, 1.82) is 0 Å². The molecule has 0 atom stereocenters. The van der Waals surface area contributed by atoms with Crippen LogP contribution in [0.25, 0.3) is 0 Å². The molecule has 0 aromatic heterocycles. The van der Waals surface area contributed by atoms with Gasteiger partial charge in [-0.05, 0) is 43.7 Å². The van der Waals surface area contributed by atoms with Crippen LogP contribution in [0.3, 0.4) is 0 Å². The van der Waals surface area contributed by atoms with Gasteiger partial charge in [0, 0.05) is 11.6 Å². The number of benzene rings is 1. The molecular formula is C12H17ClN2O2. The summed E-state index contributed by atoms with van der Waals surface area (Å²) in [4.78, 5) is 11.4. The molecule has 0 radical (unpaired) electrons. The molecule has 4 nitrogen and oxygen atoms in total.